The predicted octanol–water partition coefficient (Wildman–Crippen LogP) is 0.268. The third-order valence-electron chi connectivity index (χ3n) is 0.563. The Hall–Kier alpha value is -0.570. The van der Waals surface area contributed by atoms with E-state index in [9.17, 15) is 4.79 Å². The lowest BCUT2D eigenvalue weighted by atomic mass is 10.4. The molecule has 0 aromatic carbocycles. The van der Waals surface area contributed by atoms with Gasteiger partial charge in [0.05, 0.1) is 6.61 Å². The van der Waals surface area contributed by atoms with Crippen molar-refractivity contribution in [3.8, 4) is 0 Å². The Balaban J connectivity index is 3.03. The predicted molar refractivity (Wildman–Crippen MR) is 27.6 cm³/mol. The molecule has 0 heterocycles. The van der Waals surface area contributed by atoms with Crippen molar-refractivity contribution in [2.45, 2.75) is 6.92 Å². The fourth-order valence-corrected chi connectivity index (χ4v) is 0.304. The van der Waals surface area contributed by atoms with Crippen molar-refractivity contribution in [2.75, 3.05) is 13.7 Å². The summed E-state index contributed by atoms with van der Waals surface area (Å²) in [6.45, 7) is 3.27. The van der Waals surface area contributed by atoms with Gasteiger partial charge in [0, 0.05) is 7.11 Å². The van der Waals surface area contributed by atoms with Gasteiger partial charge in [-0.05, 0) is 6.92 Å². The lowest BCUT2D eigenvalue weighted by Gasteiger charge is -2.02. The van der Waals surface area contributed by atoms with Gasteiger partial charge in [-0.3, -0.25) is 0 Å². The molecule has 0 aromatic rings. The lowest BCUT2D eigenvalue weighted by molar-refractivity contribution is 0.144. The minimum Gasteiger partial charge on any atom is -0.444 e. The second kappa shape index (κ2) is 4.59. The smallest absolute Gasteiger partial charge is 0.418 e. The van der Waals surface area contributed by atoms with E-state index < -0.39 is 0 Å². The van der Waals surface area contributed by atoms with Gasteiger partial charge in [-0.1, -0.05) is 0 Å². The van der Waals surface area contributed by atoms with Gasteiger partial charge >= 0.3 is 6.47 Å². The van der Waals surface area contributed by atoms with Crippen molar-refractivity contribution >= 4 is 6.47 Å². The monoisotopic (exact) mass is 116 g/mol. The lowest BCUT2D eigenvalue weighted by Crippen LogP contribution is -2.03. The second-order valence-electron chi connectivity index (χ2n) is 1.32. The zero-order valence-electron chi connectivity index (χ0n) is 4.93. The highest BCUT2D eigenvalue weighted by molar-refractivity contribution is 5.39. The van der Waals surface area contributed by atoms with Gasteiger partial charge in [0.25, 0.3) is 0 Å². The van der Waals surface area contributed by atoms with Crippen LogP contribution in [0.5, 0.6) is 0 Å². The van der Waals surface area contributed by atoms with E-state index in [1.807, 2.05) is 0 Å². The van der Waals surface area contributed by atoms with Crippen molar-refractivity contribution in [1.82, 2.24) is 0 Å². The molecule has 0 aliphatic heterocycles. The molecule has 3 nitrogen and oxygen atoms in total. The van der Waals surface area contributed by atoms with E-state index in [1.54, 1.807) is 6.92 Å². The molecule has 0 amide bonds. The van der Waals surface area contributed by atoms with E-state index in [0.717, 1.165) is 0 Å². The topological polar surface area (TPSA) is 35.5 Å². The molecule has 8 heavy (non-hydrogen) atoms. The van der Waals surface area contributed by atoms with E-state index in [0.29, 0.717) is 12.7 Å². The van der Waals surface area contributed by atoms with Crippen molar-refractivity contribution in [1.29, 1.82) is 0 Å². The van der Waals surface area contributed by atoms with Gasteiger partial charge < -0.3 is 9.47 Å². The summed E-state index contributed by atoms with van der Waals surface area (Å²) in [4.78, 5) is 9.47. The average molecular weight is 116 g/mol. The minimum absolute atomic E-state index is 0.342. The molecule has 0 fully saturated rings. The van der Waals surface area contributed by atoms with Gasteiger partial charge in [-0.25, -0.2) is 4.79 Å². The number of hydrogen-bond donors (Lipinski definition) is 0. The zero-order chi connectivity index (χ0) is 6.41. The highest BCUT2D eigenvalue weighted by Gasteiger charge is 2.00. The standard InChI is InChI=1S/C5H8O3/c1-5(3-7-2)8-4-6/h3H2,1-2H3. The summed E-state index contributed by atoms with van der Waals surface area (Å²) in [5.41, 5.74) is 0. The second-order valence-corrected chi connectivity index (χ2v) is 1.32. The van der Waals surface area contributed by atoms with Crippen LogP contribution < -0.4 is 0 Å². The van der Waals surface area contributed by atoms with Crippen LogP contribution in [-0.4, -0.2) is 20.2 Å². The summed E-state index contributed by atoms with van der Waals surface area (Å²) in [7, 11) is 1.53. The Morgan fingerprint density at radius 1 is 1.75 bits per heavy atom. The van der Waals surface area contributed by atoms with Gasteiger partial charge in [0.2, 0.25) is 0 Å². The SMILES string of the molecule is COC[C](C)O[C]=O. The third kappa shape index (κ3) is 3.61. The molecular weight excluding hydrogens is 108 g/mol. The first-order valence-electron chi connectivity index (χ1n) is 2.16. The van der Waals surface area contributed by atoms with Gasteiger partial charge in [0.15, 0.2) is 6.10 Å². The first kappa shape index (κ1) is 7.43. The first-order valence-corrected chi connectivity index (χ1v) is 2.16. The number of methoxy groups -OCH3 is 1. The Kier molecular flexibility index (Phi) is 4.26. The molecule has 0 unspecified atom stereocenters. The van der Waals surface area contributed by atoms with Crippen LogP contribution in [0.4, 0.5) is 0 Å². The maximum Gasteiger partial charge on any atom is 0.418 e. The summed E-state index contributed by atoms with van der Waals surface area (Å²) in [5, 5.41) is 0. The fourth-order valence-electron chi connectivity index (χ4n) is 0.304. The van der Waals surface area contributed by atoms with Crippen LogP contribution >= 0.6 is 0 Å². The quantitative estimate of drug-likeness (QED) is 0.528. The number of hydrogen-bond acceptors (Lipinski definition) is 3. The Morgan fingerprint density at radius 2 is 2.38 bits per heavy atom. The molecule has 0 rings (SSSR count). The highest BCUT2D eigenvalue weighted by Crippen LogP contribution is 1.96. The third-order valence-corrected chi connectivity index (χ3v) is 0.563. The largest absolute Gasteiger partial charge is 0.444 e. The number of ether oxygens (including phenoxy) is 2. The molecule has 0 bridgehead atoms. The molecule has 46 valence electrons. The van der Waals surface area contributed by atoms with E-state index in [4.69, 9.17) is 0 Å². The van der Waals surface area contributed by atoms with Crippen LogP contribution in [0.3, 0.4) is 0 Å². The van der Waals surface area contributed by atoms with Crippen molar-refractivity contribution < 1.29 is 14.3 Å². The van der Waals surface area contributed by atoms with Gasteiger partial charge in [-0.2, -0.15) is 0 Å². The molecule has 0 spiro atoms. The van der Waals surface area contributed by atoms with Gasteiger partial charge in [0.1, 0.15) is 0 Å². The molecule has 0 N–H and O–H groups in total. The van der Waals surface area contributed by atoms with Crippen LogP contribution in [0.2, 0.25) is 0 Å². The van der Waals surface area contributed by atoms with Crippen LogP contribution in [0.1, 0.15) is 6.92 Å². The molecule has 0 atom stereocenters. The van der Waals surface area contributed by atoms with Crippen molar-refractivity contribution in [2.24, 2.45) is 0 Å². The average Bonchev–Trinajstić information content (AvgIpc) is 1.68. The van der Waals surface area contributed by atoms with Crippen LogP contribution in [0.25, 0.3) is 0 Å². The highest BCUT2D eigenvalue weighted by atomic mass is 16.6. The molecular formula is C5H8O3. The number of rotatable bonds is 4. The van der Waals surface area contributed by atoms with Crippen LogP contribution in [0.15, 0.2) is 0 Å². The maximum absolute atomic E-state index is 9.47. The molecule has 0 aliphatic carbocycles. The Morgan fingerprint density at radius 3 is 2.75 bits per heavy atom. The summed E-state index contributed by atoms with van der Waals surface area (Å²) < 4.78 is 8.88. The van der Waals surface area contributed by atoms with Gasteiger partial charge in [-0.15, -0.1) is 0 Å². The molecule has 0 saturated carbocycles. The van der Waals surface area contributed by atoms with E-state index in [1.165, 1.54) is 13.6 Å². The van der Waals surface area contributed by atoms with Crippen LogP contribution in [-0.2, 0) is 14.3 Å². The first-order chi connectivity index (χ1) is 3.81. The molecule has 3 heteroatoms. The summed E-state index contributed by atoms with van der Waals surface area (Å²) in [5.74, 6) is 0. The number of carbonyl (C=O) groups excluding carboxylic acids is 1. The van der Waals surface area contributed by atoms with Crippen molar-refractivity contribution in [3.63, 3.8) is 0 Å². The Bertz CT molecular complexity index is 62.7. The molecule has 0 saturated heterocycles. The molecule has 2 radical (unpaired) electrons. The van der Waals surface area contributed by atoms with E-state index in [-0.39, 0.29) is 0 Å². The molecule has 0 aliphatic rings. The van der Waals surface area contributed by atoms with E-state index in [2.05, 4.69) is 9.47 Å². The summed E-state index contributed by atoms with van der Waals surface area (Å²) in [6.07, 6.45) is 0.516. The summed E-state index contributed by atoms with van der Waals surface area (Å²) in [6, 6.07) is 0. The normalized spacial score (nSPS) is 9.38. The maximum atomic E-state index is 9.47. The molecule has 0 aromatic heterocycles. The van der Waals surface area contributed by atoms with E-state index >= 15 is 0 Å². The van der Waals surface area contributed by atoms with Crippen LogP contribution in [0, 0.1) is 6.10 Å². The van der Waals surface area contributed by atoms with Crippen molar-refractivity contribution in [3.05, 3.63) is 6.10 Å². The zero-order valence-corrected chi connectivity index (χ0v) is 4.93. The summed E-state index contributed by atoms with van der Waals surface area (Å²) >= 11 is 0. The minimum atomic E-state index is 0.342. The fraction of sp³-hybridized carbons (Fsp3) is 0.600. The Labute approximate surface area is 48.6 Å².